The van der Waals surface area contributed by atoms with Gasteiger partial charge in [-0.2, -0.15) is 0 Å². The largest absolute Gasteiger partial charge is 0.339 e. The maximum atomic E-state index is 5.12. The predicted octanol–water partition coefficient (Wildman–Crippen LogP) is 3.29. The summed E-state index contributed by atoms with van der Waals surface area (Å²) in [6.45, 7) is 0. The van der Waals surface area contributed by atoms with Crippen molar-refractivity contribution in [2.45, 2.75) is 6.17 Å². The van der Waals surface area contributed by atoms with Crippen LogP contribution in [-0.4, -0.2) is 28.4 Å². The van der Waals surface area contributed by atoms with Crippen LogP contribution >= 0.6 is 24.4 Å². The van der Waals surface area contributed by atoms with Crippen LogP contribution in [0.25, 0.3) is 0 Å². The van der Waals surface area contributed by atoms with Crippen LogP contribution in [0.5, 0.6) is 0 Å². The van der Waals surface area contributed by atoms with Gasteiger partial charge in [-0.05, 0) is 26.7 Å². The molecule has 0 aliphatic heterocycles. The van der Waals surface area contributed by atoms with Gasteiger partial charge in [-0.3, -0.25) is 0 Å². The van der Waals surface area contributed by atoms with E-state index < -0.39 is 8.07 Å². The van der Waals surface area contributed by atoms with Gasteiger partial charge in [0, 0.05) is 29.3 Å². The van der Waals surface area contributed by atoms with Crippen molar-refractivity contribution in [3.05, 3.63) is 109 Å². The third-order valence-corrected chi connectivity index (χ3v) is 10.7. The van der Waals surface area contributed by atoms with Gasteiger partial charge in [0.25, 0.3) is 0 Å². The molecule has 4 rings (SSSR count). The summed E-state index contributed by atoms with van der Waals surface area (Å²) >= 11 is 10.2. The number of hydrogen-bond donors (Lipinski definition) is 0. The summed E-state index contributed by atoms with van der Waals surface area (Å²) in [7, 11) is -2.37. The molecule has 1 aromatic heterocycles. The molecule has 0 atom stereocenters. The highest BCUT2D eigenvalue weighted by Gasteiger charge is 2.39. The van der Waals surface area contributed by atoms with E-state index >= 15 is 0 Å². The Bertz CT molecular complexity index is 1040. The van der Waals surface area contributed by atoms with Gasteiger partial charge >= 0.3 is 0 Å². The molecule has 5 heteroatoms. The van der Waals surface area contributed by atoms with Crippen molar-refractivity contribution < 1.29 is 0 Å². The average Bonchev–Trinajstić information content (AvgIpc) is 3.31. The van der Waals surface area contributed by atoms with Gasteiger partial charge in [0.05, 0.1) is 6.33 Å². The molecule has 0 spiro atoms. The SMILES string of the molecule is S=Cc1ccc([Si](Cn2ccnc2)(c2ccccc2)c2ccc(C=S)cc2)cc1. The van der Waals surface area contributed by atoms with Crippen LogP contribution in [-0.2, 0) is 6.17 Å². The molecule has 0 aliphatic rings. The van der Waals surface area contributed by atoms with Crippen molar-refractivity contribution >= 4 is 58.8 Å². The summed E-state index contributed by atoms with van der Waals surface area (Å²) in [6, 6.07) is 28.3. The second-order valence-corrected chi connectivity index (χ2v) is 11.3. The molecule has 4 aromatic rings. The molecule has 0 N–H and O–H groups in total. The molecule has 29 heavy (non-hydrogen) atoms. The van der Waals surface area contributed by atoms with Crippen molar-refractivity contribution in [3.63, 3.8) is 0 Å². The fourth-order valence-corrected chi connectivity index (χ4v) is 8.67. The number of imidazole rings is 1. The Labute approximate surface area is 182 Å². The highest BCUT2D eigenvalue weighted by molar-refractivity contribution is 7.79. The lowest BCUT2D eigenvalue weighted by molar-refractivity contribution is 0.862. The Morgan fingerprint density at radius 2 is 1.24 bits per heavy atom. The third-order valence-electron chi connectivity index (χ3n) is 5.32. The monoisotopic (exact) mass is 428 g/mol. The molecule has 0 bridgehead atoms. The highest BCUT2D eigenvalue weighted by Crippen LogP contribution is 2.12. The molecule has 0 fully saturated rings. The number of nitrogens with zero attached hydrogens (tertiary/aromatic N) is 2. The van der Waals surface area contributed by atoms with Crippen LogP contribution in [0.3, 0.4) is 0 Å². The molecule has 1 heterocycles. The lowest BCUT2D eigenvalue weighted by atomic mass is 10.2. The zero-order chi connectivity index (χ0) is 20.1. The standard InChI is InChI=1S/C24H20N2S2Si/c27-16-20-6-10-23(11-7-20)29(19-26-15-14-25-18-26,22-4-2-1-3-5-22)24-12-8-21(17-28)9-13-24/h1-18H,19H2. The maximum Gasteiger partial charge on any atom is 0.168 e. The summed E-state index contributed by atoms with van der Waals surface area (Å²) in [5.41, 5.74) is 2.11. The normalized spacial score (nSPS) is 11.2. The minimum atomic E-state index is -2.37. The first kappa shape index (κ1) is 19.6. The van der Waals surface area contributed by atoms with Gasteiger partial charge in [0.2, 0.25) is 0 Å². The molecule has 2 nitrogen and oxygen atoms in total. The Kier molecular flexibility index (Phi) is 5.90. The third kappa shape index (κ3) is 3.89. The predicted molar refractivity (Wildman–Crippen MR) is 132 cm³/mol. The molecule has 0 aliphatic carbocycles. The van der Waals surface area contributed by atoms with Crippen molar-refractivity contribution in [1.29, 1.82) is 0 Å². The van der Waals surface area contributed by atoms with E-state index in [2.05, 4.69) is 88.4 Å². The van der Waals surface area contributed by atoms with E-state index in [1.54, 1.807) is 10.7 Å². The van der Waals surface area contributed by atoms with E-state index in [0.29, 0.717) is 0 Å². The zero-order valence-electron chi connectivity index (χ0n) is 15.8. The van der Waals surface area contributed by atoms with Crippen LogP contribution in [0.15, 0.2) is 97.6 Å². The van der Waals surface area contributed by atoms with Crippen molar-refractivity contribution in [3.8, 4) is 0 Å². The molecule has 3 aromatic carbocycles. The van der Waals surface area contributed by atoms with Crippen LogP contribution in [0.2, 0.25) is 0 Å². The Morgan fingerprint density at radius 1 is 0.724 bits per heavy atom. The first-order chi connectivity index (χ1) is 14.3. The minimum absolute atomic E-state index is 0.866. The van der Waals surface area contributed by atoms with Crippen molar-refractivity contribution in [2.24, 2.45) is 0 Å². The van der Waals surface area contributed by atoms with Gasteiger partial charge in [0.15, 0.2) is 8.07 Å². The molecule has 0 radical (unpaired) electrons. The fourth-order valence-electron chi connectivity index (χ4n) is 3.84. The Hall–Kier alpha value is -2.73. The Balaban J connectivity index is 1.99. The number of hydrogen-bond acceptors (Lipinski definition) is 3. The van der Waals surface area contributed by atoms with Gasteiger partial charge in [-0.15, -0.1) is 0 Å². The van der Waals surface area contributed by atoms with Gasteiger partial charge < -0.3 is 4.57 Å². The average molecular weight is 429 g/mol. The second kappa shape index (κ2) is 8.74. The zero-order valence-corrected chi connectivity index (χ0v) is 18.4. The van der Waals surface area contributed by atoms with Crippen molar-refractivity contribution in [2.75, 3.05) is 0 Å². The first-order valence-corrected chi connectivity index (χ1v) is 12.5. The molecule has 0 amide bonds. The molecule has 0 saturated carbocycles. The smallest absolute Gasteiger partial charge is 0.168 e. The highest BCUT2D eigenvalue weighted by atomic mass is 32.1. The molecular weight excluding hydrogens is 408 g/mol. The lowest BCUT2D eigenvalue weighted by Crippen LogP contribution is -2.69. The van der Waals surface area contributed by atoms with Crippen molar-refractivity contribution in [1.82, 2.24) is 9.55 Å². The summed E-state index contributed by atoms with van der Waals surface area (Å²) < 4.78 is 2.19. The minimum Gasteiger partial charge on any atom is -0.339 e. The summed E-state index contributed by atoms with van der Waals surface area (Å²) in [4.78, 5) is 4.29. The number of benzene rings is 3. The van der Waals surface area contributed by atoms with E-state index in [-0.39, 0.29) is 0 Å². The van der Waals surface area contributed by atoms with Crippen LogP contribution < -0.4 is 15.6 Å². The number of rotatable bonds is 7. The molecule has 142 valence electrons. The van der Waals surface area contributed by atoms with Crippen LogP contribution in [0.4, 0.5) is 0 Å². The van der Waals surface area contributed by atoms with Gasteiger partial charge in [-0.1, -0.05) is 103 Å². The van der Waals surface area contributed by atoms with E-state index in [1.165, 1.54) is 15.6 Å². The molecule has 0 unspecified atom stereocenters. The summed E-state index contributed by atoms with van der Waals surface area (Å²) in [5.74, 6) is 0. The quantitative estimate of drug-likeness (QED) is 0.256. The molecular formula is C24H20N2S2Si. The van der Waals surface area contributed by atoms with Gasteiger partial charge in [0.1, 0.15) is 0 Å². The van der Waals surface area contributed by atoms with E-state index in [4.69, 9.17) is 24.4 Å². The van der Waals surface area contributed by atoms with E-state index in [1.807, 2.05) is 18.7 Å². The lowest BCUT2D eigenvalue weighted by Gasteiger charge is -2.34. The number of aromatic nitrogens is 2. The van der Waals surface area contributed by atoms with Gasteiger partial charge in [-0.25, -0.2) is 4.98 Å². The first-order valence-electron chi connectivity index (χ1n) is 9.39. The van der Waals surface area contributed by atoms with E-state index in [9.17, 15) is 0 Å². The number of thiocarbonyl (C=S) groups is 2. The second-order valence-electron chi connectivity index (χ2n) is 6.99. The summed E-state index contributed by atoms with van der Waals surface area (Å²) in [6.07, 6.45) is 6.66. The fraction of sp³-hybridized carbons (Fsp3) is 0.0417. The van der Waals surface area contributed by atoms with Crippen LogP contribution in [0, 0.1) is 0 Å². The van der Waals surface area contributed by atoms with Crippen LogP contribution in [0.1, 0.15) is 11.1 Å². The summed E-state index contributed by atoms with van der Waals surface area (Å²) in [5, 5.41) is 7.49. The van der Waals surface area contributed by atoms with E-state index in [0.717, 1.165) is 17.3 Å². The Morgan fingerprint density at radius 3 is 1.69 bits per heavy atom. The topological polar surface area (TPSA) is 17.8 Å². The maximum absolute atomic E-state index is 5.12. The molecule has 0 saturated heterocycles.